The number of carbonyl (C=O) groups is 1. The average molecular weight is 274 g/mol. The third-order valence-corrected chi connectivity index (χ3v) is 3.50. The Kier molecular flexibility index (Phi) is 4.58. The van der Waals surface area contributed by atoms with E-state index in [0.29, 0.717) is 11.4 Å². The third kappa shape index (κ3) is 3.36. The Morgan fingerprint density at radius 1 is 1.11 bits per heavy atom. The van der Waals surface area contributed by atoms with Crippen LogP contribution < -0.4 is 5.32 Å². The molecule has 0 saturated carbocycles. The van der Waals surface area contributed by atoms with Gasteiger partial charge in [0.25, 0.3) is 0 Å². The fourth-order valence-electron chi connectivity index (χ4n) is 2.14. The first kappa shape index (κ1) is 13.6. The van der Waals surface area contributed by atoms with Crippen LogP contribution in [0.25, 0.3) is 0 Å². The SMILES string of the molecule is CNC(=O)C[C@H](c1ccccc1)c1ccccc1Cl. The minimum atomic E-state index is -0.0187. The van der Waals surface area contributed by atoms with Crippen LogP contribution in [-0.4, -0.2) is 13.0 Å². The molecule has 2 aromatic carbocycles. The highest BCUT2D eigenvalue weighted by molar-refractivity contribution is 6.31. The molecule has 0 fully saturated rings. The van der Waals surface area contributed by atoms with E-state index in [4.69, 9.17) is 11.6 Å². The van der Waals surface area contributed by atoms with E-state index in [9.17, 15) is 4.79 Å². The molecule has 2 nitrogen and oxygen atoms in total. The highest BCUT2D eigenvalue weighted by Crippen LogP contribution is 2.32. The van der Waals surface area contributed by atoms with Crippen LogP contribution in [-0.2, 0) is 4.79 Å². The number of benzene rings is 2. The molecule has 3 heteroatoms. The van der Waals surface area contributed by atoms with Gasteiger partial charge >= 0.3 is 0 Å². The topological polar surface area (TPSA) is 29.1 Å². The van der Waals surface area contributed by atoms with Gasteiger partial charge in [-0.1, -0.05) is 60.1 Å². The largest absolute Gasteiger partial charge is 0.359 e. The van der Waals surface area contributed by atoms with Gasteiger partial charge in [-0.3, -0.25) is 4.79 Å². The number of halogens is 1. The van der Waals surface area contributed by atoms with Crippen LogP contribution in [0.2, 0.25) is 5.02 Å². The van der Waals surface area contributed by atoms with Crippen molar-refractivity contribution < 1.29 is 4.79 Å². The van der Waals surface area contributed by atoms with E-state index in [-0.39, 0.29) is 11.8 Å². The van der Waals surface area contributed by atoms with Crippen molar-refractivity contribution in [1.82, 2.24) is 5.32 Å². The van der Waals surface area contributed by atoms with E-state index in [1.54, 1.807) is 7.05 Å². The van der Waals surface area contributed by atoms with Gasteiger partial charge in [0.1, 0.15) is 0 Å². The molecule has 0 aliphatic rings. The van der Waals surface area contributed by atoms with E-state index < -0.39 is 0 Å². The second-order valence-corrected chi connectivity index (χ2v) is 4.77. The molecule has 0 radical (unpaired) electrons. The minimum Gasteiger partial charge on any atom is -0.359 e. The Bertz CT molecular complexity index is 554. The number of nitrogens with one attached hydrogen (secondary N) is 1. The van der Waals surface area contributed by atoms with Crippen molar-refractivity contribution in [2.45, 2.75) is 12.3 Å². The lowest BCUT2D eigenvalue weighted by atomic mass is 9.88. The van der Waals surface area contributed by atoms with Gasteiger partial charge in [-0.15, -0.1) is 0 Å². The number of amides is 1. The molecular weight excluding hydrogens is 258 g/mol. The molecule has 1 atom stereocenters. The maximum Gasteiger partial charge on any atom is 0.220 e. The summed E-state index contributed by atoms with van der Waals surface area (Å²) in [7, 11) is 1.65. The molecule has 0 heterocycles. The first-order valence-corrected chi connectivity index (χ1v) is 6.60. The second-order valence-electron chi connectivity index (χ2n) is 4.36. The van der Waals surface area contributed by atoms with E-state index in [0.717, 1.165) is 11.1 Å². The minimum absolute atomic E-state index is 0.00812. The third-order valence-electron chi connectivity index (χ3n) is 3.15. The highest BCUT2D eigenvalue weighted by atomic mass is 35.5. The van der Waals surface area contributed by atoms with Crippen molar-refractivity contribution in [2.75, 3.05) is 7.05 Å². The molecule has 0 saturated heterocycles. The van der Waals surface area contributed by atoms with E-state index >= 15 is 0 Å². The maximum atomic E-state index is 11.7. The Labute approximate surface area is 118 Å². The van der Waals surface area contributed by atoms with Gasteiger partial charge in [0, 0.05) is 24.4 Å². The summed E-state index contributed by atoms with van der Waals surface area (Å²) in [6.45, 7) is 0. The van der Waals surface area contributed by atoms with Gasteiger partial charge in [0.15, 0.2) is 0 Å². The van der Waals surface area contributed by atoms with Crippen molar-refractivity contribution in [3.63, 3.8) is 0 Å². The predicted octanol–water partition coefficient (Wildman–Crippen LogP) is 3.61. The Balaban J connectivity index is 2.40. The summed E-state index contributed by atoms with van der Waals surface area (Å²) in [6, 6.07) is 17.6. The summed E-state index contributed by atoms with van der Waals surface area (Å²) in [5.41, 5.74) is 2.08. The lowest BCUT2D eigenvalue weighted by Crippen LogP contribution is -2.21. The molecule has 19 heavy (non-hydrogen) atoms. The first-order valence-electron chi connectivity index (χ1n) is 6.22. The zero-order valence-electron chi connectivity index (χ0n) is 10.8. The van der Waals surface area contributed by atoms with Crippen molar-refractivity contribution >= 4 is 17.5 Å². The molecule has 0 aliphatic heterocycles. The molecule has 2 aromatic rings. The number of hydrogen-bond acceptors (Lipinski definition) is 1. The summed E-state index contributed by atoms with van der Waals surface area (Å²) in [5.74, 6) is -0.0105. The van der Waals surface area contributed by atoms with E-state index in [2.05, 4.69) is 5.32 Å². The van der Waals surface area contributed by atoms with Gasteiger partial charge in [-0.25, -0.2) is 0 Å². The van der Waals surface area contributed by atoms with Crippen LogP contribution in [0.15, 0.2) is 54.6 Å². The van der Waals surface area contributed by atoms with Crippen LogP contribution >= 0.6 is 11.6 Å². The van der Waals surface area contributed by atoms with Crippen molar-refractivity contribution in [3.8, 4) is 0 Å². The molecule has 0 bridgehead atoms. The van der Waals surface area contributed by atoms with Gasteiger partial charge in [-0.2, -0.15) is 0 Å². The second kappa shape index (κ2) is 6.39. The Morgan fingerprint density at radius 2 is 1.74 bits per heavy atom. The number of rotatable bonds is 4. The molecule has 0 unspecified atom stereocenters. The van der Waals surface area contributed by atoms with Crippen LogP contribution in [0.3, 0.4) is 0 Å². The molecule has 0 aliphatic carbocycles. The Hall–Kier alpha value is -1.80. The normalized spacial score (nSPS) is 11.9. The van der Waals surface area contributed by atoms with E-state index in [1.165, 1.54) is 0 Å². The summed E-state index contributed by atoms with van der Waals surface area (Å²) in [4.78, 5) is 11.7. The molecule has 98 valence electrons. The van der Waals surface area contributed by atoms with Gasteiger partial charge < -0.3 is 5.32 Å². The molecule has 0 aromatic heterocycles. The van der Waals surface area contributed by atoms with Gasteiger partial charge in [0.05, 0.1) is 0 Å². The van der Waals surface area contributed by atoms with Crippen molar-refractivity contribution in [1.29, 1.82) is 0 Å². The average Bonchev–Trinajstić information content (AvgIpc) is 2.46. The zero-order valence-corrected chi connectivity index (χ0v) is 11.5. The zero-order chi connectivity index (χ0) is 13.7. The Morgan fingerprint density at radius 3 is 2.37 bits per heavy atom. The predicted molar refractivity (Wildman–Crippen MR) is 78.4 cm³/mol. The molecule has 2 rings (SSSR count). The van der Waals surface area contributed by atoms with Crippen LogP contribution in [0.1, 0.15) is 23.5 Å². The summed E-state index contributed by atoms with van der Waals surface area (Å²) in [6.07, 6.45) is 0.393. The summed E-state index contributed by atoms with van der Waals surface area (Å²) in [5, 5.41) is 3.37. The quantitative estimate of drug-likeness (QED) is 0.906. The van der Waals surface area contributed by atoms with Gasteiger partial charge in [-0.05, 0) is 17.2 Å². The number of hydrogen-bond donors (Lipinski definition) is 1. The van der Waals surface area contributed by atoms with Crippen molar-refractivity contribution in [3.05, 3.63) is 70.7 Å². The standard InChI is InChI=1S/C16H16ClNO/c1-18-16(19)11-14(12-7-3-2-4-8-12)13-9-5-6-10-15(13)17/h2-10,14H,11H2,1H3,(H,18,19)/t14-/m1/s1. The smallest absolute Gasteiger partial charge is 0.220 e. The molecule has 0 spiro atoms. The lowest BCUT2D eigenvalue weighted by Gasteiger charge is -2.18. The van der Waals surface area contributed by atoms with Crippen LogP contribution in [0, 0.1) is 0 Å². The molecule has 1 N–H and O–H groups in total. The van der Waals surface area contributed by atoms with E-state index in [1.807, 2.05) is 54.6 Å². The summed E-state index contributed by atoms with van der Waals surface area (Å²) >= 11 is 6.26. The van der Waals surface area contributed by atoms with Crippen LogP contribution in [0.4, 0.5) is 0 Å². The maximum absolute atomic E-state index is 11.7. The molecule has 1 amide bonds. The fourth-order valence-corrected chi connectivity index (χ4v) is 2.41. The fraction of sp³-hybridized carbons (Fsp3) is 0.188. The highest BCUT2D eigenvalue weighted by Gasteiger charge is 2.19. The first-order chi connectivity index (χ1) is 9.22. The lowest BCUT2D eigenvalue weighted by molar-refractivity contribution is -0.120. The monoisotopic (exact) mass is 273 g/mol. The van der Waals surface area contributed by atoms with Crippen molar-refractivity contribution in [2.24, 2.45) is 0 Å². The van der Waals surface area contributed by atoms with Gasteiger partial charge in [0.2, 0.25) is 5.91 Å². The molecular formula is C16H16ClNO. The van der Waals surface area contributed by atoms with Crippen LogP contribution in [0.5, 0.6) is 0 Å². The number of carbonyl (C=O) groups excluding carboxylic acids is 1. The summed E-state index contributed by atoms with van der Waals surface area (Å²) < 4.78 is 0.